The van der Waals surface area contributed by atoms with Crippen LogP contribution >= 0.6 is 0 Å². The summed E-state index contributed by atoms with van der Waals surface area (Å²) in [7, 11) is 1.74. The van der Waals surface area contributed by atoms with Crippen LogP contribution in [0.15, 0.2) is 18.2 Å². The number of aryl methyl sites for hydroxylation is 1. The Bertz CT molecular complexity index is 514. The maximum atomic E-state index is 6.05. The number of methoxy groups -OCH3 is 1. The van der Waals surface area contributed by atoms with Gasteiger partial charge in [0.05, 0.1) is 20.3 Å². The molecule has 2 fully saturated rings. The van der Waals surface area contributed by atoms with Gasteiger partial charge < -0.3 is 14.2 Å². The van der Waals surface area contributed by atoms with Crippen molar-refractivity contribution < 1.29 is 14.2 Å². The monoisotopic (exact) mass is 288 g/mol. The zero-order valence-corrected chi connectivity index (χ0v) is 12.8. The fraction of sp³-hybridized carbons (Fsp3) is 0.667. The van der Waals surface area contributed by atoms with Crippen molar-refractivity contribution in [2.24, 2.45) is 11.8 Å². The highest BCUT2D eigenvalue weighted by atomic mass is 16.7. The SMILES string of the molecule is COc1ccc2c(c1)CC[C@@H]([C@H]1CCCC13OCCO3)C2. The second-order valence-corrected chi connectivity index (χ2v) is 6.64. The second-order valence-electron chi connectivity index (χ2n) is 6.64. The molecule has 2 atom stereocenters. The van der Waals surface area contributed by atoms with E-state index in [4.69, 9.17) is 14.2 Å². The lowest BCUT2D eigenvalue weighted by Crippen LogP contribution is -2.40. The van der Waals surface area contributed by atoms with Gasteiger partial charge in [0.2, 0.25) is 0 Å². The van der Waals surface area contributed by atoms with Crippen LogP contribution in [0.4, 0.5) is 0 Å². The van der Waals surface area contributed by atoms with Crippen molar-refractivity contribution in [2.45, 2.75) is 44.3 Å². The van der Waals surface area contributed by atoms with Crippen LogP contribution in [0.1, 0.15) is 36.8 Å². The summed E-state index contributed by atoms with van der Waals surface area (Å²) in [6, 6.07) is 6.55. The van der Waals surface area contributed by atoms with Gasteiger partial charge in [-0.25, -0.2) is 0 Å². The molecule has 3 nitrogen and oxygen atoms in total. The minimum atomic E-state index is -0.241. The Hall–Kier alpha value is -1.06. The van der Waals surface area contributed by atoms with Crippen LogP contribution in [0.2, 0.25) is 0 Å². The lowest BCUT2D eigenvalue weighted by molar-refractivity contribution is -0.193. The summed E-state index contributed by atoms with van der Waals surface area (Å²) in [6.07, 6.45) is 7.16. The summed E-state index contributed by atoms with van der Waals surface area (Å²) in [6.45, 7) is 1.55. The largest absolute Gasteiger partial charge is 0.497 e. The first-order valence-corrected chi connectivity index (χ1v) is 8.24. The highest BCUT2D eigenvalue weighted by Crippen LogP contribution is 2.49. The zero-order valence-electron chi connectivity index (χ0n) is 12.8. The molecule has 0 radical (unpaired) electrons. The summed E-state index contributed by atoms with van der Waals surface area (Å²) in [5.74, 6) is 2.02. The highest BCUT2D eigenvalue weighted by Gasteiger charge is 2.51. The molecule has 0 bridgehead atoms. The van der Waals surface area contributed by atoms with Crippen molar-refractivity contribution in [3.05, 3.63) is 29.3 Å². The fourth-order valence-electron chi connectivity index (χ4n) is 4.63. The molecule has 1 spiro atoms. The first kappa shape index (κ1) is 13.6. The Labute approximate surface area is 126 Å². The summed E-state index contributed by atoms with van der Waals surface area (Å²) in [5.41, 5.74) is 2.96. The van der Waals surface area contributed by atoms with Gasteiger partial charge in [0, 0.05) is 12.3 Å². The van der Waals surface area contributed by atoms with Crippen molar-refractivity contribution in [2.75, 3.05) is 20.3 Å². The summed E-state index contributed by atoms with van der Waals surface area (Å²) < 4.78 is 17.4. The van der Waals surface area contributed by atoms with E-state index in [0.29, 0.717) is 11.8 Å². The minimum Gasteiger partial charge on any atom is -0.497 e. The summed E-state index contributed by atoms with van der Waals surface area (Å²) in [5, 5.41) is 0. The van der Waals surface area contributed by atoms with Crippen LogP contribution in [0.5, 0.6) is 5.75 Å². The third kappa shape index (κ3) is 2.27. The second kappa shape index (κ2) is 5.29. The van der Waals surface area contributed by atoms with E-state index in [1.54, 1.807) is 7.11 Å². The number of hydrogen-bond donors (Lipinski definition) is 0. The van der Waals surface area contributed by atoms with Gasteiger partial charge >= 0.3 is 0 Å². The average molecular weight is 288 g/mol. The Morgan fingerprint density at radius 2 is 2.00 bits per heavy atom. The fourth-order valence-corrected chi connectivity index (χ4v) is 4.63. The van der Waals surface area contributed by atoms with Gasteiger partial charge in [0.15, 0.2) is 5.79 Å². The van der Waals surface area contributed by atoms with E-state index < -0.39 is 0 Å². The van der Waals surface area contributed by atoms with Gasteiger partial charge in [-0.3, -0.25) is 0 Å². The van der Waals surface area contributed by atoms with Gasteiger partial charge in [-0.15, -0.1) is 0 Å². The topological polar surface area (TPSA) is 27.7 Å². The molecule has 4 rings (SSSR count). The lowest BCUT2D eigenvalue weighted by atomic mass is 9.74. The van der Waals surface area contributed by atoms with Crippen LogP contribution in [-0.4, -0.2) is 26.1 Å². The van der Waals surface area contributed by atoms with Crippen LogP contribution in [-0.2, 0) is 22.3 Å². The van der Waals surface area contributed by atoms with Crippen LogP contribution in [0, 0.1) is 11.8 Å². The van der Waals surface area contributed by atoms with Gasteiger partial charge in [-0.1, -0.05) is 6.07 Å². The van der Waals surface area contributed by atoms with Gasteiger partial charge in [-0.2, -0.15) is 0 Å². The van der Waals surface area contributed by atoms with E-state index in [1.807, 2.05) is 0 Å². The maximum Gasteiger partial charge on any atom is 0.171 e. The number of benzene rings is 1. The third-order valence-corrected chi connectivity index (χ3v) is 5.63. The molecule has 3 aliphatic rings. The van der Waals surface area contributed by atoms with E-state index in [1.165, 1.54) is 36.8 Å². The molecule has 1 heterocycles. The molecule has 0 unspecified atom stereocenters. The minimum absolute atomic E-state index is 0.241. The lowest BCUT2D eigenvalue weighted by Gasteiger charge is -2.37. The predicted molar refractivity (Wildman–Crippen MR) is 80.5 cm³/mol. The third-order valence-electron chi connectivity index (χ3n) is 5.63. The maximum absolute atomic E-state index is 6.05. The molecule has 1 aromatic carbocycles. The van der Waals surface area contributed by atoms with Crippen LogP contribution in [0.3, 0.4) is 0 Å². The van der Waals surface area contributed by atoms with Gasteiger partial charge in [-0.05, 0) is 61.3 Å². The Morgan fingerprint density at radius 3 is 2.81 bits per heavy atom. The normalized spacial score (nSPS) is 30.5. The van der Waals surface area contributed by atoms with Crippen molar-refractivity contribution in [1.29, 1.82) is 0 Å². The Balaban J connectivity index is 1.55. The number of fused-ring (bicyclic) bond motifs is 1. The molecule has 1 aromatic rings. The van der Waals surface area contributed by atoms with E-state index in [9.17, 15) is 0 Å². The quantitative estimate of drug-likeness (QED) is 0.835. The molecule has 0 N–H and O–H groups in total. The van der Waals surface area contributed by atoms with Crippen LogP contribution < -0.4 is 4.74 Å². The zero-order chi connectivity index (χ0) is 14.3. The van der Waals surface area contributed by atoms with E-state index >= 15 is 0 Å². The van der Waals surface area contributed by atoms with E-state index in [2.05, 4.69) is 18.2 Å². The number of ether oxygens (including phenoxy) is 3. The predicted octanol–water partition coefficient (Wildman–Crippen LogP) is 3.34. The first-order chi connectivity index (χ1) is 10.3. The highest BCUT2D eigenvalue weighted by molar-refractivity contribution is 5.37. The standard InChI is InChI=1S/C18H24O3/c1-19-16-7-6-13-11-15(5-4-14(13)12-16)17-3-2-8-18(17)20-9-10-21-18/h6-7,12,15,17H,2-5,8-11H2,1H3/t15-,17-/m1/s1. The van der Waals surface area contributed by atoms with Crippen LogP contribution in [0.25, 0.3) is 0 Å². The summed E-state index contributed by atoms with van der Waals surface area (Å²) in [4.78, 5) is 0. The van der Waals surface area contributed by atoms with Gasteiger partial charge in [0.1, 0.15) is 5.75 Å². The molecule has 114 valence electrons. The molecule has 1 saturated heterocycles. The van der Waals surface area contributed by atoms with Crippen molar-refractivity contribution >= 4 is 0 Å². The molecular formula is C18H24O3. The molecule has 3 heteroatoms. The smallest absolute Gasteiger partial charge is 0.171 e. The van der Waals surface area contributed by atoms with E-state index in [-0.39, 0.29) is 5.79 Å². The molecule has 0 aromatic heterocycles. The molecular weight excluding hydrogens is 264 g/mol. The average Bonchev–Trinajstić information content (AvgIpc) is 3.17. The van der Waals surface area contributed by atoms with Crippen molar-refractivity contribution in [3.63, 3.8) is 0 Å². The molecule has 1 aliphatic heterocycles. The number of rotatable bonds is 2. The van der Waals surface area contributed by atoms with Crippen molar-refractivity contribution in [3.8, 4) is 5.75 Å². The summed E-state index contributed by atoms with van der Waals surface area (Å²) >= 11 is 0. The first-order valence-electron chi connectivity index (χ1n) is 8.24. The number of hydrogen-bond acceptors (Lipinski definition) is 3. The Morgan fingerprint density at radius 1 is 1.14 bits per heavy atom. The molecule has 1 saturated carbocycles. The Kier molecular flexibility index (Phi) is 3.43. The van der Waals surface area contributed by atoms with Crippen molar-refractivity contribution in [1.82, 2.24) is 0 Å². The van der Waals surface area contributed by atoms with E-state index in [0.717, 1.165) is 31.8 Å². The molecule has 21 heavy (non-hydrogen) atoms. The molecule has 2 aliphatic carbocycles. The molecule has 0 amide bonds. The van der Waals surface area contributed by atoms with Gasteiger partial charge in [0.25, 0.3) is 0 Å².